The molecule has 0 fully saturated rings. The molecule has 14 heteroatoms. The predicted molar refractivity (Wildman–Crippen MR) is 187 cm³/mol. The van der Waals surface area contributed by atoms with Gasteiger partial charge in [0, 0.05) is 33.6 Å². The lowest BCUT2D eigenvalue weighted by Crippen LogP contribution is -2.32. The van der Waals surface area contributed by atoms with Crippen LogP contribution in [0.5, 0.6) is 0 Å². The molecule has 0 aliphatic carbocycles. The summed E-state index contributed by atoms with van der Waals surface area (Å²) in [6.07, 6.45) is 2.66. The molecule has 2 aromatic heterocycles. The average Bonchev–Trinajstić information content (AvgIpc) is 3.09. The van der Waals surface area contributed by atoms with Crippen LogP contribution in [0.15, 0.2) is 102 Å². The highest BCUT2D eigenvalue weighted by molar-refractivity contribution is 6.58. The maximum absolute atomic E-state index is 13.9. The molecule has 6 rings (SSSR count). The summed E-state index contributed by atoms with van der Waals surface area (Å²) in [6, 6.07) is 25.7. The topological polar surface area (TPSA) is 133 Å². The largest absolute Gasteiger partial charge is 0.491 e. The van der Waals surface area contributed by atoms with Crippen molar-refractivity contribution < 1.29 is 33.6 Å². The summed E-state index contributed by atoms with van der Waals surface area (Å²) in [7, 11) is -1.72. The molecule has 0 atom stereocenters. The van der Waals surface area contributed by atoms with Gasteiger partial charge in [0.25, 0.3) is 0 Å². The summed E-state index contributed by atoms with van der Waals surface area (Å²) in [5.41, 5.74) is 2.38. The van der Waals surface area contributed by atoms with Crippen molar-refractivity contribution in [2.75, 3.05) is 0 Å². The summed E-state index contributed by atoms with van der Waals surface area (Å²) in [5.74, 6) is -1.02. The quantitative estimate of drug-likeness (QED) is 0.0424. The Morgan fingerprint density at radius 1 is 0.708 bits per heavy atom. The minimum absolute atomic E-state index is 0.0949. The van der Waals surface area contributed by atoms with Crippen molar-refractivity contribution in [2.24, 2.45) is 5.16 Å². The summed E-state index contributed by atoms with van der Waals surface area (Å²) < 4.78 is 26.4. The third-order valence-electron chi connectivity index (χ3n) is 6.28. The van der Waals surface area contributed by atoms with Gasteiger partial charge in [-0.05, 0) is 49.4 Å². The molecule has 0 saturated carbocycles. The highest BCUT2D eigenvalue weighted by atomic mass is 35.5. The number of carbonyl (C=O) groups excluding carboxylic acids is 2. The second-order valence-electron chi connectivity index (χ2n) is 9.40. The van der Waals surface area contributed by atoms with Crippen molar-refractivity contribution in [3.63, 3.8) is 0 Å². The lowest BCUT2D eigenvalue weighted by Gasteiger charge is -2.08. The van der Waals surface area contributed by atoms with Crippen LogP contribution >= 0.6 is 34.8 Å². The molecule has 0 saturated heterocycles. The van der Waals surface area contributed by atoms with Gasteiger partial charge in [-0.25, -0.2) is 18.7 Å². The minimum atomic E-state index is -1.72. The van der Waals surface area contributed by atoms with E-state index in [4.69, 9.17) is 50.1 Å². The molecule has 244 valence electrons. The zero-order chi connectivity index (χ0) is 35.2. The number of hydrogen-bond acceptors (Lipinski definition) is 8. The van der Waals surface area contributed by atoms with E-state index in [0.717, 1.165) is 10.8 Å². The molecule has 0 aliphatic heterocycles. The van der Waals surface area contributed by atoms with Crippen molar-refractivity contribution in [2.45, 2.75) is 6.92 Å². The zero-order valence-corrected chi connectivity index (χ0v) is 27.2. The summed E-state index contributed by atoms with van der Waals surface area (Å²) >= 11 is 17.8. The molecule has 8 nitrogen and oxygen atoms in total. The number of carbonyl (C=O) groups is 2. The number of para-hydroxylation sites is 2. The first-order valence-corrected chi connectivity index (χ1v) is 14.9. The highest BCUT2D eigenvalue weighted by Crippen LogP contribution is 2.30. The van der Waals surface area contributed by atoms with E-state index in [1.807, 2.05) is 12.1 Å². The third-order valence-corrected chi connectivity index (χ3v) is 7.20. The minimum Gasteiger partial charge on any atom is -0.423 e. The van der Waals surface area contributed by atoms with Crippen molar-refractivity contribution in [3.05, 3.63) is 135 Å². The van der Waals surface area contributed by atoms with Crippen molar-refractivity contribution >= 4 is 88.0 Å². The Morgan fingerprint density at radius 3 is 1.69 bits per heavy atom. The Kier molecular flexibility index (Phi) is 14.5. The van der Waals surface area contributed by atoms with Gasteiger partial charge in [0.1, 0.15) is 16.8 Å². The number of benzene rings is 4. The maximum Gasteiger partial charge on any atom is 0.491 e. The first-order chi connectivity index (χ1) is 23.1. The number of aldehydes is 2. The van der Waals surface area contributed by atoms with Crippen LogP contribution in [-0.4, -0.2) is 51.1 Å². The van der Waals surface area contributed by atoms with Gasteiger partial charge in [0.2, 0.25) is 0 Å². The Hall–Kier alpha value is -4.78. The van der Waals surface area contributed by atoms with Crippen molar-refractivity contribution in [1.29, 1.82) is 0 Å². The molecule has 4 aromatic carbocycles. The van der Waals surface area contributed by atoms with Gasteiger partial charge < -0.3 is 15.3 Å². The van der Waals surface area contributed by atoms with Crippen LogP contribution in [0, 0.1) is 11.6 Å². The smallest absolute Gasteiger partial charge is 0.423 e. The Balaban J connectivity index is 0.000000195. The number of nitrogens with zero attached hydrogens (tertiary/aromatic N) is 3. The molecule has 2 heterocycles. The first-order valence-electron chi connectivity index (χ1n) is 13.8. The van der Waals surface area contributed by atoms with Gasteiger partial charge in [0.15, 0.2) is 12.6 Å². The summed E-state index contributed by atoms with van der Waals surface area (Å²) in [5, 5.41) is 29.8. The van der Waals surface area contributed by atoms with Crippen LogP contribution in [0.25, 0.3) is 33.1 Å². The lowest BCUT2D eigenvalue weighted by atomic mass is 9.80. The van der Waals surface area contributed by atoms with Crippen molar-refractivity contribution in [1.82, 2.24) is 9.97 Å². The Labute approximate surface area is 289 Å². The fourth-order valence-corrected chi connectivity index (χ4v) is 4.69. The summed E-state index contributed by atoms with van der Waals surface area (Å²) in [6.45, 7) is 1.64. The number of oxime groups is 1. The van der Waals surface area contributed by atoms with Gasteiger partial charge in [-0.15, -0.1) is 5.16 Å². The third kappa shape index (κ3) is 9.87. The molecule has 0 amide bonds. The average molecular weight is 711 g/mol. The summed E-state index contributed by atoms with van der Waals surface area (Å²) in [4.78, 5) is 30.3. The van der Waals surface area contributed by atoms with E-state index in [2.05, 4.69) is 15.1 Å². The molecule has 0 unspecified atom stereocenters. The van der Waals surface area contributed by atoms with Crippen LogP contribution in [0.3, 0.4) is 0 Å². The van der Waals surface area contributed by atoms with E-state index in [-0.39, 0.29) is 16.2 Å². The van der Waals surface area contributed by atoms with Gasteiger partial charge in [-0.1, -0.05) is 89.4 Å². The standard InChI is InChI=1S/C16H9ClFNO.C10H5Cl2NO.C6H6BFO2.C2H5NO/c17-13-6-3-4-10-8-11(9-20)15(19-16(10)13)12-5-1-2-7-14(12)18;11-8-3-1-2-6-4-7(5-14)10(12)13-9(6)8;8-6-4-2-1-3-5(6)7(9)10;1-2-3-4/h1-9H;1-5H;1-4,9-10H;2,4H,1H3/b;;;3-2+. The number of hydrogen-bond donors (Lipinski definition) is 3. The highest BCUT2D eigenvalue weighted by Gasteiger charge is 2.15. The second-order valence-corrected chi connectivity index (χ2v) is 10.6. The zero-order valence-electron chi connectivity index (χ0n) is 24.9. The lowest BCUT2D eigenvalue weighted by molar-refractivity contribution is 0.111. The Morgan fingerprint density at radius 2 is 1.21 bits per heavy atom. The molecule has 6 aromatic rings. The van der Waals surface area contributed by atoms with Crippen LogP contribution in [0.1, 0.15) is 27.6 Å². The molecule has 0 spiro atoms. The van der Waals surface area contributed by atoms with Gasteiger partial charge in [0.05, 0.1) is 32.3 Å². The van der Waals surface area contributed by atoms with Gasteiger partial charge in [-0.3, -0.25) is 9.59 Å². The van der Waals surface area contributed by atoms with Crippen LogP contribution in [0.2, 0.25) is 15.2 Å². The monoisotopic (exact) mass is 709 g/mol. The first kappa shape index (κ1) is 37.7. The molecular weight excluding hydrogens is 686 g/mol. The van der Waals surface area contributed by atoms with Crippen molar-refractivity contribution in [3.8, 4) is 11.3 Å². The molecule has 3 N–H and O–H groups in total. The molecule has 48 heavy (non-hydrogen) atoms. The van der Waals surface area contributed by atoms with Crippen LogP contribution < -0.4 is 5.46 Å². The molecular formula is C34H25BCl3F2N3O5. The van der Waals surface area contributed by atoms with Crippen LogP contribution in [0.4, 0.5) is 8.78 Å². The van der Waals surface area contributed by atoms with E-state index >= 15 is 0 Å². The molecule has 0 bridgehead atoms. The van der Waals surface area contributed by atoms with E-state index in [1.165, 1.54) is 36.5 Å². The van der Waals surface area contributed by atoms with Gasteiger partial charge >= 0.3 is 7.12 Å². The Bertz CT molecular complexity index is 2070. The van der Waals surface area contributed by atoms with E-state index in [0.29, 0.717) is 50.5 Å². The maximum atomic E-state index is 13.9. The number of halogens is 5. The number of rotatable bonds is 4. The molecule has 0 aliphatic rings. The van der Waals surface area contributed by atoms with E-state index < -0.39 is 18.8 Å². The van der Waals surface area contributed by atoms with E-state index in [1.54, 1.807) is 61.5 Å². The molecule has 0 radical (unpaired) electrons. The number of fused-ring (bicyclic) bond motifs is 2. The normalized spacial score (nSPS) is 10.2. The SMILES string of the molecule is C/C=N/O.O=Cc1cc2cccc(Cl)c2nc1-c1ccccc1F.O=Cc1cc2cccc(Cl)c2nc1Cl.OB(O)c1ccccc1F. The van der Waals surface area contributed by atoms with Crippen LogP contribution in [-0.2, 0) is 0 Å². The van der Waals surface area contributed by atoms with E-state index in [9.17, 15) is 18.4 Å². The second kappa shape index (κ2) is 18.5. The number of pyridine rings is 2. The fraction of sp³-hybridized carbons (Fsp3) is 0.0294. The fourth-order valence-electron chi connectivity index (χ4n) is 4.06. The predicted octanol–water partition coefficient (Wildman–Crippen LogP) is 7.83. The van der Waals surface area contributed by atoms with Gasteiger partial charge in [-0.2, -0.15) is 0 Å². The number of aromatic nitrogens is 2.